The predicted molar refractivity (Wildman–Crippen MR) is 87.8 cm³/mol. The highest BCUT2D eigenvalue weighted by Gasteiger charge is 2.24. The summed E-state index contributed by atoms with van der Waals surface area (Å²) in [6, 6.07) is 5.39. The lowest BCUT2D eigenvalue weighted by atomic mass is 9.95. The lowest BCUT2D eigenvalue weighted by molar-refractivity contribution is -0.123. The number of carbonyl (C=O) groups is 1. The van der Waals surface area contributed by atoms with Crippen LogP contribution < -0.4 is 14.8 Å². The lowest BCUT2D eigenvalue weighted by Crippen LogP contribution is -2.48. The quantitative estimate of drug-likeness (QED) is 0.827. The Morgan fingerprint density at radius 2 is 1.78 bits per heavy atom. The van der Waals surface area contributed by atoms with E-state index in [1.165, 1.54) is 25.7 Å². The van der Waals surface area contributed by atoms with Crippen molar-refractivity contribution in [3.63, 3.8) is 0 Å². The number of nitrogens with one attached hydrogen (secondary N) is 2. The Morgan fingerprint density at radius 1 is 1.17 bits per heavy atom. The van der Waals surface area contributed by atoms with Crippen LogP contribution in [0.1, 0.15) is 39.0 Å². The van der Waals surface area contributed by atoms with Crippen LogP contribution in [-0.2, 0) is 14.8 Å². The molecule has 0 bridgehead atoms. The molecule has 1 fully saturated rings. The van der Waals surface area contributed by atoms with Crippen molar-refractivity contribution in [2.24, 2.45) is 0 Å². The number of rotatable bonds is 6. The largest absolute Gasteiger partial charge is 0.497 e. The number of amides is 1. The molecule has 1 aliphatic rings. The van der Waals surface area contributed by atoms with E-state index in [0.717, 1.165) is 25.7 Å². The SMILES string of the molecule is COc1ccc(S(=O)(=O)N[C@H](C)C(=O)NC2CCCCC2)cc1. The molecular weight excluding hydrogens is 316 g/mol. The summed E-state index contributed by atoms with van der Waals surface area (Å²) >= 11 is 0. The van der Waals surface area contributed by atoms with Crippen LogP contribution in [0.2, 0.25) is 0 Å². The second-order valence-corrected chi connectivity index (χ2v) is 7.58. The van der Waals surface area contributed by atoms with Gasteiger partial charge in [0.15, 0.2) is 0 Å². The molecule has 0 radical (unpaired) electrons. The zero-order valence-electron chi connectivity index (χ0n) is 13.5. The Bertz CT molecular complexity index is 622. The van der Waals surface area contributed by atoms with Crippen molar-refractivity contribution in [2.75, 3.05) is 7.11 Å². The summed E-state index contributed by atoms with van der Waals surface area (Å²) < 4.78 is 32.0. The molecule has 1 aliphatic carbocycles. The summed E-state index contributed by atoms with van der Waals surface area (Å²) in [5.41, 5.74) is 0. The Morgan fingerprint density at radius 3 is 2.35 bits per heavy atom. The molecule has 0 spiro atoms. The van der Waals surface area contributed by atoms with Crippen molar-refractivity contribution in [2.45, 2.75) is 56.0 Å². The zero-order valence-corrected chi connectivity index (χ0v) is 14.4. The fourth-order valence-electron chi connectivity index (χ4n) is 2.68. The van der Waals surface area contributed by atoms with Gasteiger partial charge in [0.2, 0.25) is 15.9 Å². The molecule has 2 rings (SSSR count). The first-order chi connectivity index (χ1) is 10.9. The van der Waals surface area contributed by atoms with E-state index in [9.17, 15) is 13.2 Å². The molecule has 0 aliphatic heterocycles. The van der Waals surface area contributed by atoms with E-state index >= 15 is 0 Å². The zero-order chi connectivity index (χ0) is 16.9. The minimum atomic E-state index is -3.74. The second-order valence-electron chi connectivity index (χ2n) is 5.86. The number of carbonyl (C=O) groups excluding carboxylic acids is 1. The van der Waals surface area contributed by atoms with Gasteiger partial charge < -0.3 is 10.1 Å². The van der Waals surface area contributed by atoms with Gasteiger partial charge in [-0.3, -0.25) is 4.79 Å². The number of sulfonamides is 1. The Balaban J connectivity index is 1.96. The first-order valence-electron chi connectivity index (χ1n) is 7.89. The smallest absolute Gasteiger partial charge is 0.241 e. The van der Waals surface area contributed by atoms with Crippen molar-refractivity contribution in [3.8, 4) is 5.75 Å². The first-order valence-corrected chi connectivity index (χ1v) is 9.37. The van der Waals surface area contributed by atoms with Crippen LogP contribution in [-0.4, -0.2) is 33.5 Å². The van der Waals surface area contributed by atoms with Gasteiger partial charge in [-0.2, -0.15) is 4.72 Å². The standard InChI is InChI=1S/C16H24N2O4S/c1-12(16(19)17-13-6-4-3-5-7-13)18-23(20,21)15-10-8-14(22-2)9-11-15/h8-13,18H,3-7H2,1-2H3,(H,17,19)/t12-/m1/s1. The van der Waals surface area contributed by atoms with Crippen LogP contribution in [0.4, 0.5) is 0 Å². The third-order valence-electron chi connectivity index (χ3n) is 4.05. The fourth-order valence-corrected chi connectivity index (χ4v) is 3.89. The summed E-state index contributed by atoms with van der Waals surface area (Å²) in [6.45, 7) is 1.55. The Labute approximate surface area is 137 Å². The molecule has 1 saturated carbocycles. The van der Waals surface area contributed by atoms with E-state index in [4.69, 9.17) is 4.74 Å². The normalized spacial score (nSPS) is 17.5. The van der Waals surface area contributed by atoms with Crippen LogP contribution in [0.25, 0.3) is 0 Å². The highest BCUT2D eigenvalue weighted by molar-refractivity contribution is 7.89. The number of hydrogen-bond donors (Lipinski definition) is 2. The van der Waals surface area contributed by atoms with Gasteiger partial charge in [0.1, 0.15) is 5.75 Å². The number of ether oxygens (including phenoxy) is 1. The molecular formula is C16H24N2O4S. The van der Waals surface area contributed by atoms with Crippen molar-refractivity contribution >= 4 is 15.9 Å². The number of methoxy groups -OCH3 is 1. The van der Waals surface area contributed by atoms with Gasteiger partial charge >= 0.3 is 0 Å². The Hall–Kier alpha value is -1.60. The summed E-state index contributed by atoms with van der Waals surface area (Å²) in [6.07, 6.45) is 5.34. The van der Waals surface area contributed by atoms with Crippen LogP contribution in [0.3, 0.4) is 0 Å². The third kappa shape index (κ3) is 4.94. The average molecular weight is 340 g/mol. The molecule has 1 aromatic carbocycles. The van der Waals surface area contributed by atoms with E-state index < -0.39 is 16.1 Å². The van der Waals surface area contributed by atoms with E-state index in [-0.39, 0.29) is 16.8 Å². The monoisotopic (exact) mass is 340 g/mol. The highest BCUT2D eigenvalue weighted by atomic mass is 32.2. The van der Waals surface area contributed by atoms with E-state index in [1.807, 2.05) is 0 Å². The van der Waals surface area contributed by atoms with Gasteiger partial charge in [0.25, 0.3) is 0 Å². The van der Waals surface area contributed by atoms with E-state index in [0.29, 0.717) is 5.75 Å². The molecule has 0 unspecified atom stereocenters. The number of hydrogen-bond acceptors (Lipinski definition) is 4. The molecule has 6 nitrogen and oxygen atoms in total. The Kier molecular flexibility index (Phi) is 6.01. The third-order valence-corrected chi connectivity index (χ3v) is 5.60. The summed E-state index contributed by atoms with van der Waals surface area (Å²) in [4.78, 5) is 12.3. The van der Waals surface area contributed by atoms with Gasteiger partial charge in [-0.05, 0) is 44.0 Å². The van der Waals surface area contributed by atoms with Gasteiger partial charge in [0, 0.05) is 6.04 Å². The fraction of sp³-hybridized carbons (Fsp3) is 0.562. The van der Waals surface area contributed by atoms with Gasteiger partial charge in [-0.1, -0.05) is 19.3 Å². The van der Waals surface area contributed by atoms with E-state index in [2.05, 4.69) is 10.0 Å². The molecule has 0 heterocycles. The summed E-state index contributed by atoms with van der Waals surface area (Å²) in [7, 11) is -2.22. The van der Waals surface area contributed by atoms with Crippen molar-refractivity contribution in [1.29, 1.82) is 0 Å². The minimum Gasteiger partial charge on any atom is -0.497 e. The molecule has 1 amide bonds. The van der Waals surface area contributed by atoms with Crippen LogP contribution in [0.15, 0.2) is 29.2 Å². The van der Waals surface area contributed by atoms with Crippen molar-refractivity contribution in [1.82, 2.24) is 10.0 Å². The maximum atomic E-state index is 12.3. The first kappa shape index (κ1) is 17.7. The minimum absolute atomic E-state index is 0.107. The molecule has 2 N–H and O–H groups in total. The molecule has 23 heavy (non-hydrogen) atoms. The van der Waals surface area contributed by atoms with Crippen LogP contribution >= 0.6 is 0 Å². The van der Waals surface area contributed by atoms with Crippen molar-refractivity contribution < 1.29 is 17.9 Å². The van der Waals surface area contributed by atoms with E-state index in [1.54, 1.807) is 19.1 Å². The molecule has 1 atom stereocenters. The molecule has 0 saturated heterocycles. The second kappa shape index (κ2) is 7.79. The van der Waals surface area contributed by atoms with Gasteiger partial charge in [-0.25, -0.2) is 8.42 Å². The maximum absolute atomic E-state index is 12.3. The number of benzene rings is 1. The van der Waals surface area contributed by atoms with Crippen LogP contribution in [0, 0.1) is 0 Å². The van der Waals surface area contributed by atoms with Crippen LogP contribution in [0.5, 0.6) is 5.75 Å². The molecule has 0 aromatic heterocycles. The van der Waals surface area contributed by atoms with Crippen molar-refractivity contribution in [3.05, 3.63) is 24.3 Å². The van der Waals surface area contributed by atoms with Gasteiger partial charge in [0.05, 0.1) is 18.0 Å². The lowest BCUT2D eigenvalue weighted by Gasteiger charge is -2.24. The highest BCUT2D eigenvalue weighted by Crippen LogP contribution is 2.18. The molecule has 128 valence electrons. The average Bonchev–Trinajstić information content (AvgIpc) is 2.55. The molecule has 1 aromatic rings. The predicted octanol–water partition coefficient (Wildman–Crippen LogP) is 1.81. The maximum Gasteiger partial charge on any atom is 0.241 e. The topological polar surface area (TPSA) is 84.5 Å². The summed E-state index contributed by atoms with van der Waals surface area (Å²) in [5.74, 6) is 0.293. The molecule has 7 heteroatoms. The van der Waals surface area contributed by atoms with Gasteiger partial charge in [-0.15, -0.1) is 0 Å². The summed E-state index contributed by atoms with van der Waals surface area (Å²) in [5, 5.41) is 2.93.